The number of nitrogens with zero attached hydrogens (tertiary/aromatic N) is 3. The molecule has 1 aromatic rings. The summed E-state index contributed by atoms with van der Waals surface area (Å²) in [6.07, 6.45) is 4.59. The van der Waals surface area contributed by atoms with Crippen molar-refractivity contribution in [2.75, 3.05) is 30.3 Å². The molecule has 102 valence electrons. The van der Waals surface area contributed by atoms with Gasteiger partial charge in [0.1, 0.15) is 12.0 Å². The first kappa shape index (κ1) is 14.5. The second-order valence-electron chi connectivity index (χ2n) is 4.25. The Balaban J connectivity index is 2.91. The van der Waals surface area contributed by atoms with Gasteiger partial charge in [0.25, 0.3) is 0 Å². The van der Waals surface area contributed by atoms with Crippen LogP contribution in [0.5, 0.6) is 5.88 Å². The van der Waals surface area contributed by atoms with Crippen LogP contribution in [0.25, 0.3) is 0 Å². The van der Waals surface area contributed by atoms with Crippen LogP contribution in [-0.2, 0) is 0 Å². The fourth-order valence-corrected chi connectivity index (χ4v) is 1.80. The largest absolute Gasteiger partial charge is 0.476 e. The van der Waals surface area contributed by atoms with Gasteiger partial charge in [0.2, 0.25) is 5.88 Å². The second kappa shape index (κ2) is 7.74. The predicted octanol–water partition coefficient (Wildman–Crippen LogP) is 2.47. The molecule has 2 N–H and O–H groups in total. The summed E-state index contributed by atoms with van der Waals surface area (Å²) < 4.78 is 5.53. The second-order valence-corrected chi connectivity index (χ2v) is 4.25. The number of nitrogen functional groups attached to an aromatic ring is 1. The van der Waals surface area contributed by atoms with Gasteiger partial charge in [0, 0.05) is 13.1 Å². The third-order valence-corrected chi connectivity index (χ3v) is 2.56. The first-order valence-corrected chi connectivity index (χ1v) is 6.72. The zero-order valence-corrected chi connectivity index (χ0v) is 11.6. The maximum atomic E-state index is 6.09. The van der Waals surface area contributed by atoms with E-state index < -0.39 is 0 Å². The molecule has 1 rings (SSSR count). The summed E-state index contributed by atoms with van der Waals surface area (Å²) in [5.74, 6) is 1.29. The Morgan fingerprint density at radius 1 is 1.11 bits per heavy atom. The highest BCUT2D eigenvalue weighted by Crippen LogP contribution is 2.28. The minimum atomic E-state index is 0.499. The molecule has 5 nitrogen and oxygen atoms in total. The SMILES string of the molecule is CCCOc1ncnc(N(CCC)CCC)c1N. The number of nitrogens with two attached hydrogens (primary N) is 1. The minimum Gasteiger partial charge on any atom is -0.476 e. The molecule has 5 heteroatoms. The highest BCUT2D eigenvalue weighted by Gasteiger charge is 2.14. The summed E-state index contributed by atoms with van der Waals surface area (Å²) in [4.78, 5) is 10.6. The summed E-state index contributed by atoms with van der Waals surface area (Å²) in [5.41, 5.74) is 6.64. The van der Waals surface area contributed by atoms with E-state index in [0.717, 1.165) is 38.2 Å². The smallest absolute Gasteiger partial charge is 0.242 e. The molecular weight excluding hydrogens is 228 g/mol. The topological polar surface area (TPSA) is 64.3 Å². The van der Waals surface area contributed by atoms with Crippen LogP contribution in [-0.4, -0.2) is 29.7 Å². The van der Waals surface area contributed by atoms with Crippen LogP contribution < -0.4 is 15.4 Å². The highest BCUT2D eigenvalue weighted by atomic mass is 16.5. The zero-order valence-electron chi connectivity index (χ0n) is 11.6. The van der Waals surface area contributed by atoms with Gasteiger partial charge in [-0.3, -0.25) is 0 Å². The fourth-order valence-electron chi connectivity index (χ4n) is 1.80. The lowest BCUT2D eigenvalue weighted by Gasteiger charge is -2.24. The third-order valence-electron chi connectivity index (χ3n) is 2.56. The molecule has 0 spiro atoms. The number of hydrogen-bond acceptors (Lipinski definition) is 5. The molecule has 0 aliphatic carbocycles. The van der Waals surface area contributed by atoms with Crippen LogP contribution in [0.3, 0.4) is 0 Å². The molecule has 0 aliphatic heterocycles. The molecule has 1 aromatic heterocycles. The lowest BCUT2D eigenvalue weighted by molar-refractivity contribution is 0.306. The van der Waals surface area contributed by atoms with Gasteiger partial charge in [-0.05, 0) is 19.3 Å². The first-order chi connectivity index (χ1) is 8.74. The quantitative estimate of drug-likeness (QED) is 0.770. The van der Waals surface area contributed by atoms with Gasteiger partial charge in [-0.15, -0.1) is 0 Å². The van der Waals surface area contributed by atoms with Gasteiger partial charge in [-0.1, -0.05) is 20.8 Å². The third kappa shape index (κ3) is 3.75. The molecule has 0 radical (unpaired) electrons. The van der Waals surface area contributed by atoms with Crippen molar-refractivity contribution < 1.29 is 4.74 Å². The van der Waals surface area contributed by atoms with Crippen molar-refractivity contribution in [3.63, 3.8) is 0 Å². The van der Waals surface area contributed by atoms with Crippen LogP contribution >= 0.6 is 0 Å². The van der Waals surface area contributed by atoms with Gasteiger partial charge >= 0.3 is 0 Å². The van der Waals surface area contributed by atoms with E-state index in [1.54, 1.807) is 0 Å². The van der Waals surface area contributed by atoms with Crippen LogP contribution in [0.2, 0.25) is 0 Å². The summed E-state index contributed by atoms with van der Waals surface area (Å²) in [7, 11) is 0. The van der Waals surface area contributed by atoms with Gasteiger partial charge < -0.3 is 15.4 Å². The average Bonchev–Trinajstić information content (AvgIpc) is 2.37. The lowest BCUT2D eigenvalue weighted by Crippen LogP contribution is -2.27. The Hall–Kier alpha value is -1.52. The van der Waals surface area contributed by atoms with Crippen LogP contribution in [0, 0.1) is 0 Å². The van der Waals surface area contributed by atoms with E-state index in [-0.39, 0.29) is 0 Å². The van der Waals surface area contributed by atoms with Crippen molar-refractivity contribution in [3.05, 3.63) is 6.33 Å². The van der Waals surface area contributed by atoms with E-state index in [1.165, 1.54) is 6.33 Å². The minimum absolute atomic E-state index is 0.499. The molecule has 0 fully saturated rings. The van der Waals surface area contributed by atoms with Crippen LogP contribution in [0.1, 0.15) is 40.0 Å². The van der Waals surface area contributed by atoms with Crippen molar-refractivity contribution in [2.24, 2.45) is 0 Å². The van der Waals surface area contributed by atoms with Gasteiger partial charge in [-0.25, -0.2) is 4.98 Å². The molecule has 0 unspecified atom stereocenters. The van der Waals surface area contributed by atoms with Crippen molar-refractivity contribution in [3.8, 4) is 5.88 Å². The van der Waals surface area contributed by atoms with E-state index in [9.17, 15) is 0 Å². The molecule has 0 atom stereocenters. The highest BCUT2D eigenvalue weighted by molar-refractivity contribution is 5.67. The maximum absolute atomic E-state index is 6.09. The number of anilines is 2. The van der Waals surface area contributed by atoms with E-state index in [4.69, 9.17) is 10.5 Å². The standard InChI is InChI=1S/C13H24N4O/c1-4-7-17(8-5-2)12-11(14)13(16-10-15-12)18-9-6-3/h10H,4-9,14H2,1-3H3. The van der Waals surface area contributed by atoms with Crippen LogP contribution in [0.15, 0.2) is 6.33 Å². The molecular formula is C13H24N4O. The van der Waals surface area contributed by atoms with Crippen molar-refractivity contribution in [1.29, 1.82) is 0 Å². The molecule has 0 saturated carbocycles. The lowest BCUT2D eigenvalue weighted by atomic mass is 10.3. The summed E-state index contributed by atoms with van der Waals surface area (Å²) in [6, 6.07) is 0. The molecule has 0 aliphatic rings. The van der Waals surface area contributed by atoms with E-state index >= 15 is 0 Å². The van der Waals surface area contributed by atoms with Crippen molar-refractivity contribution in [2.45, 2.75) is 40.0 Å². The predicted molar refractivity (Wildman–Crippen MR) is 75.0 cm³/mol. The summed E-state index contributed by atoms with van der Waals surface area (Å²) >= 11 is 0. The summed E-state index contributed by atoms with van der Waals surface area (Å²) in [5, 5.41) is 0. The van der Waals surface area contributed by atoms with Gasteiger partial charge in [0.15, 0.2) is 5.82 Å². The molecule has 0 amide bonds. The Kier molecular flexibility index (Phi) is 6.25. The normalized spacial score (nSPS) is 10.4. The zero-order chi connectivity index (χ0) is 13.4. The number of ether oxygens (including phenoxy) is 1. The molecule has 0 bridgehead atoms. The summed E-state index contributed by atoms with van der Waals surface area (Å²) in [6.45, 7) is 8.87. The number of hydrogen-bond donors (Lipinski definition) is 1. The Bertz CT molecular complexity index is 351. The molecule has 0 saturated heterocycles. The molecule has 1 heterocycles. The molecule has 0 aromatic carbocycles. The van der Waals surface area contributed by atoms with Gasteiger partial charge in [-0.2, -0.15) is 4.98 Å². The fraction of sp³-hybridized carbons (Fsp3) is 0.692. The Morgan fingerprint density at radius 2 is 1.78 bits per heavy atom. The van der Waals surface area contributed by atoms with E-state index in [1.807, 2.05) is 0 Å². The molecule has 18 heavy (non-hydrogen) atoms. The Labute approximate surface area is 109 Å². The first-order valence-electron chi connectivity index (χ1n) is 6.72. The number of rotatable bonds is 8. The van der Waals surface area contributed by atoms with Crippen molar-refractivity contribution in [1.82, 2.24) is 9.97 Å². The van der Waals surface area contributed by atoms with Crippen molar-refractivity contribution >= 4 is 11.5 Å². The van der Waals surface area contributed by atoms with Crippen LogP contribution in [0.4, 0.5) is 11.5 Å². The maximum Gasteiger partial charge on any atom is 0.242 e. The number of aromatic nitrogens is 2. The van der Waals surface area contributed by atoms with Gasteiger partial charge in [0.05, 0.1) is 6.61 Å². The Morgan fingerprint density at radius 3 is 2.33 bits per heavy atom. The monoisotopic (exact) mass is 252 g/mol. The van der Waals surface area contributed by atoms with E-state index in [2.05, 4.69) is 35.6 Å². The van der Waals surface area contributed by atoms with E-state index in [0.29, 0.717) is 18.2 Å². The average molecular weight is 252 g/mol.